The summed E-state index contributed by atoms with van der Waals surface area (Å²) in [7, 11) is 1.53. The molecule has 1 fully saturated rings. The van der Waals surface area contributed by atoms with E-state index in [-0.39, 0.29) is 18.0 Å². The first kappa shape index (κ1) is 31.4. The zero-order valence-electron chi connectivity index (χ0n) is 25.9. The number of rotatable bonds is 8. The topological polar surface area (TPSA) is 124 Å². The Morgan fingerprint density at radius 3 is 2.35 bits per heavy atom. The fraction of sp³-hybridized carbons (Fsp3) is 0.194. The van der Waals surface area contributed by atoms with Crippen LogP contribution in [0.1, 0.15) is 33.6 Å². The molecule has 2 aliphatic heterocycles. The molecule has 1 saturated heterocycles. The molecule has 2 aliphatic rings. The number of hydrogen-bond acceptors (Lipinski definition) is 9. The SMILES string of the molecule is CCOC(=O)c1ccc(N2C(=O)C3Sc4c(sc(=O)n4CC(=O)Nc4ccc5ccccc5c4)C(c4ccccc4OC)C3C2=O)cc1. The van der Waals surface area contributed by atoms with Crippen LogP contribution < -0.4 is 19.8 Å². The maximum atomic E-state index is 14.2. The van der Waals surface area contributed by atoms with Gasteiger partial charge in [0.05, 0.1) is 35.9 Å². The second kappa shape index (κ2) is 12.8. The molecule has 0 radical (unpaired) electrons. The van der Waals surface area contributed by atoms with Crippen LogP contribution in [0.25, 0.3) is 10.8 Å². The number of thiazole rings is 1. The molecular weight excluding hydrogens is 651 g/mol. The van der Waals surface area contributed by atoms with Crippen LogP contribution in [0.15, 0.2) is 101 Å². The van der Waals surface area contributed by atoms with E-state index in [1.807, 2.05) is 54.6 Å². The van der Waals surface area contributed by atoms with Crippen molar-refractivity contribution in [3.63, 3.8) is 0 Å². The van der Waals surface area contributed by atoms with Gasteiger partial charge in [-0.15, -0.1) is 0 Å². The van der Waals surface area contributed by atoms with E-state index in [2.05, 4.69) is 5.32 Å². The number of carbonyl (C=O) groups excluding carboxylic acids is 4. The van der Waals surface area contributed by atoms with E-state index in [0.717, 1.165) is 38.8 Å². The van der Waals surface area contributed by atoms with Crippen molar-refractivity contribution in [2.24, 2.45) is 5.92 Å². The number of amides is 3. The van der Waals surface area contributed by atoms with Gasteiger partial charge in [0, 0.05) is 22.0 Å². The Morgan fingerprint density at radius 2 is 1.60 bits per heavy atom. The number of fused-ring (bicyclic) bond motifs is 3. The number of methoxy groups -OCH3 is 1. The number of imide groups is 1. The van der Waals surface area contributed by atoms with Gasteiger partial charge in [-0.3, -0.25) is 23.7 Å². The van der Waals surface area contributed by atoms with Gasteiger partial charge in [0.15, 0.2) is 0 Å². The first-order valence-electron chi connectivity index (χ1n) is 15.3. The number of ether oxygens (including phenoxy) is 2. The lowest BCUT2D eigenvalue weighted by Gasteiger charge is -2.31. The molecule has 3 atom stereocenters. The largest absolute Gasteiger partial charge is 0.496 e. The van der Waals surface area contributed by atoms with E-state index in [9.17, 15) is 24.0 Å². The summed E-state index contributed by atoms with van der Waals surface area (Å²) in [6.45, 7) is 1.65. The fourth-order valence-electron chi connectivity index (χ4n) is 6.34. The Labute approximate surface area is 283 Å². The van der Waals surface area contributed by atoms with Crippen LogP contribution in [-0.4, -0.2) is 47.2 Å². The summed E-state index contributed by atoms with van der Waals surface area (Å²) in [6, 6.07) is 26.7. The minimum absolute atomic E-state index is 0.217. The second-order valence-electron chi connectivity index (χ2n) is 11.3. The normalized spacial score (nSPS) is 18.4. The highest BCUT2D eigenvalue weighted by Gasteiger charge is 2.57. The monoisotopic (exact) mass is 679 g/mol. The fourth-order valence-corrected chi connectivity index (χ4v) is 9.10. The molecule has 7 rings (SSSR count). The van der Waals surface area contributed by atoms with Gasteiger partial charge in [-0.2, -0.15) is 0 Å². The zero-order chi connectivity index (χ0) is 33.5. The molecule has 48 heavy (non-hydrogen) atoms. The maximum absolute atomic E-state index is 14.2. The van der Waals surface area contributed by atoms with Crippen molar-refractivity contribution < 1.29 is 28.7 Å². The van der Waals surface area contributed by atoms with E-state index >= 15 is 0 Å². The third kappa shape index (κ3) is 5.46. The van der Waals surface area contributed by atoms with Gasteiger partial charge >= 0.3 is 10.8 Å². The minimum atomic E-state index is -0.881. The molecule has 3 unspecified atom stereocenters. The van der Waals surface area contributed by atoms with Crippen LogP contribution in [0.5, 0.6) is 5.75 Å². The van der Waals surface area contributed by atoms with Crippen LogP contribution in [0, 0.1) is 5.92 Å². The summed E-state index contributed by atoms with van der Waals surface area (Å²) in [4.78, 5) is 68.8. The number of nitrogens with one attached hydrogen (secondary N) is 1. The number of nitrogens with zero attached hydrogens (tertiary/aromatic N) is 2. The number of para-hydroxylation sites is 1. The molecule has 10 nitrogen and oxygen atoms in total. The lowest BCUT2D eigenvalue weighted by molar-refractivity contribution is -0.122. The number of benzene rings is 4. The highest BCUT2D eigenvalue weighted by molar-refractivity contribution is 8.00. The predicted octanol–water partition coefficient (Wildman–Crippen LogP) is 5.68. The summed E-state index contributed by atoms with van der Waals surface area (Å²) in [5.41, 5.74) is 1.87. The molecule has 4 aromatic carbocycles. The van der Waals surface area contributed by atoms with E-state index in [0.29, 0.717) is 38.2 Å². The molecule has 5 aromatic rings. The average Bonchev–Trinajstić information content (AvgIpc) is 3.54. The molecule has 0 spiro atoms. The summed E-state index contributed by atoms with van der Waals surface area (Å²) in [5.74, 6) is -2.81. The lowest BCUT2D eigenvalue weighted by Crippen LogP contribution is -2.33. The molecule has 1 aromatic heterocycles. The van der Waals surface area contributed by atoms with Crippen molar-refractivity contribution in [2.45, 2.75) is 29.7 Å². The Kier molecular flexibility index (Phi) is 8.36. The third-order valence-electron chi connectivity index (χ3n) is 8.49. The van der Waals surface area contributed by atoms with Crippen LogP contribution in [0.3, 0.4) is 0 Å². The molecular formula is C36H29N3O7S2. The molecule has 12 heteroatoms. The zero-order valence-corrected chi connectivity index (χ0v) is 27.5. The summed E-state index contributed by atoms with van der Waals surface area (Å²) < 4.78 is 12.1. The first-order chi connectivity index (χ1) is 23.3. The number of aromatic nitrogens is 1. The number of carbonyl (C=O) groups is 4. The first-order valence-corrected chi connectivity index (χ1v) is 17.0. The smallest absolute Gasteiger partial charge is 0.338 e. The van der Waals surface area contributed by atoms with Crippen LogP contribution in [-0.2, 0) is 25.7 Å². The van der Waals surface area contributed by atoms with Crippen LogP contribution in [0.4, 0.5) is 11.4 Å². The van der Waals surface area contributed by atoms with Gasteiger partial charge in [0.25, 0.3) is 0 Å². The van der Waals surface area contributed by atoms with Crippen molar-refractivity contribution in [1.82, 2.24) is 4.57 Å². The van der Waals surface area contributed by atoms with E-state index in [1.165, 1.54) is 23.8 Å². The van der Waals surface area contributed by atoms with Crippen molar-refractivity contribution in [2.75, 3.05) is 23.9 Å². The van der Waals surface area contributed by atoms with Crippen LogP contribution in [0.2, 0.25) is 0 Å². The molecule has 3 heterocycles. The summed E-state index contributed by atoms with van der Waals surface area (Å²) in [6.07, 6.45) is 0. The Morgan fingerprint density at radius 1 is 0.875 bits per heavy atom. The molecule has 1 N–H and O–H groups in total. The Balaban J connectivity index is 1.25. The number of anilines is 2. The number of hydrogen-bond donors (Lipinski definition) is 1. The van der Waals surface area contributed by atoms with E-state index in [1.54, 1.807) is 31.2 Å². The van der Waals surface area contributed by atoms with Gasteiger partial charge in [-0.05, 0) is 60.2 Å². The van der Waals surface area contributed by atoms with Crippen molar-refractivity contribution in [3.05, 3.63) is 117 Å². The molecule has 242 valence electrons. The van der Waals surface area contributed by atoms with Gasteiger partial charge in [-0.1, -0.05) is 71.6 Å². The number of esters is 1. The summed E-state index contributed by atoms with van der Waals surface area (Å²) in [5, 5.41) is 4.48. The van der Waals surface area contributed by atoms with Crippen LogP contribution >= 0.6 is 23.1 Å². The van der Waals surface area contributed by atoms with Gasteiger partial charge in [0.2, 0.25) is 17.7 Å². The lowest BCUT2D eigenvalue weighted by atomic mass is 9.82. The maximum Gasteiger partial charge on any atom is 0.338 e. The predicted molar refractivity (Wildman–Crippen MR) is 184 cm³/mol. The molecule has 0 bridgehead atoms. The van der Waals surface area contributed by atoms with Crippen molar-refractivity contribution in [1.29, 1.82) is 0 Å². The standard InChI is InChI=1S/C36H29N3O7S2/c1-3-46-35(43)21-13-16-24(17-14-21)39-32(41)29-28(25-10-6-7-11-26(25)45-2)31-34(47-30(29)33(39)42)38(36(44)48-31)19-27(40)37-23-15-12-20-8-4-5-9-22(20)18-23/h4-18,28-30H,3,19H2,1-2H3,(H,37,40). The average molecular weight is 680 g/mol. The van der Waals surface area contributed by atoms with E-state index in [4.69, 9.17) is 9.47 Å². The minimum Gasteiger partial charge on any atom is -0.496 e. The molecule has 0 saturated carbocycles. The van der Waals surface area contributed by atoms with E-state index < -0.39 is 40.8 Å². The highest BCUT2D eigenvalue weighted by atomic mass is 32.2. The van der Waals surface area contributed by atoms with Gasteiger partial charge in [0.1, 0.15) is 17.5 Å². The Hall–Kier alpha value is -5.20. The van der Waals surface area contributed by atoms with Crippen molar-refractivity contribution >= 4 is 68.9 Å². The van der Waals surface area contributed by atoms with Gasteiger partial charge < -0.3 is 14.8 Å². The van der Waals surface area contributed by atoms with Crippen molar-refractivity contribution in [3.8, 4) is 5.75 Å². The molecule has 3 amide bonds. The Bertz CT molecular complexity index is 2160. The van der Waals surface area contributed by atoms with Gasteiger partial charge in [-0.25, -0.2) is 9.69 Å². The quantitative estimate of drug-likeness (QED) is 0.164. The summed E-state index contributed by atoms with van der Waals surface area (Å²) >= 11 is 2.09. The highest BCUT2D eigenvalue weighted by Crippen LogP contribution is 2.55. The molecule has 0 aliphatic carbocycles. The number of thioether (sulfide) groups is 1. The third-order valence-corrected chi connectivity index (χ3v) is 11.1. The second-order valence-corrected chi connectivity index (χ2v) is 13.4.